The Morgan fingerprint density at radius 1 is 1.27 bits per heavy atom. The summed E-state index contributed by atoms with van der Waals surface area (Å²) in [4.78, 5) is 11.7. The molecule has 2 aromatic rings. The van der Waals surface area contributed by atoms with E-state index in [0.29, 0.717) is 11.3 Å². The number of furan rings is 1. The SMILES string of the molecule is CC(NC(=O)/C=C/c1ccco1)c1cccc(C(F)(F)F)c1. The van der Waals surface area contributed by atoms with Crippen LogP contribution in [0.4, 0.5) is 13.2 Å². The van der Waals surface area contributed by atoms with Gasteiger partial charge in [0, 0.05) is 6.08 Å². The van der Waals surface area contributed by atoms with Crippen molar-refractivity contribution in [2.24, 2.45) is 0 Å². The summed E-state index contributed by atoms with van der Waals surface area (Å²) in [7, 11) is 0. The van der Waals surface area contributed by atoms with Crippen molar-refractivity contribution < 1.29 is 22.4 Å². The summed E-state index contributed by atoms with van der Waals surface area (Å²) >= 11 is 0. The lowest BCUT2D eigenvalue weighted by atomic mass is 10.0. The summed E-state index contributed by atoms with van der Waals surface area (Å²) in [5.74, 6) is 0.100. The second-order valence-corrected chi connectivity index (χ2v) is 4.70. The molecule has 1 unspecified atom stereocenters. The average molecular weight is 309 g/mol. The molecule has 0 saturated carbocycles. The first kappa shape index (κ1) is 15.9. The van der Waals surface area contributed by atoms with E-state index in [1.165, 1.54) is 30.5 Å². The zero-order chi connectivity index (χ0) is 16.2. The van der Waals surface area contributed by atoms with Crippen molar-refractivity contribution in [2.75, 3.05) is 0 Å². The molecule has 22 heavy (non-hydrogen) atoms. The van der Waals surface area contributed by atoms with Gasteiger partial charge >= 0.3 is 6.18 Å². The largest absolute Gasteiger partial charge is 0.465 e. The van der Waals surface area contributed by atoms with Gasteiger partial charge in [-0.3, -0.25) is 4.79 Å². The first-order valence-corrected chi connectivity index (χ1v) is 6.55. The van der Waals surface area contributed by atoms with Gasteiger partial charge in [-0.1, -0.05) is 12.1 Å². The Morgan fingerprint density at radius 2 is 2.05 bits per heavy atom. The summed E-state index contributed by atoms with van der Waals surface area (Å²) in [6.45, 7) is 1.62. The van der Waals surface area contributed by atoms with Crippen LogP contribution in [-0.4, -0.2) is 5.91 Å². The molecule has 1 aromatic carbocycles. The number of nitrogens with one attached hydrogen (secondary N) is 1. The van der Waals surface area contributed by atoms with Crippen molar-refractivity contribution in [3.05, 3.63) is 65.6 Å². The molecule has 1 N–H and O–H groups in total. The van der Waals surface area contributed by atoms with Crippen LogP contribution >= 0.6 is 0 Å². The number of benzene rings is 1. The minimum Gasteiger partial charge on any atom is -0.465 e. The smallest absolute Gasteiger partial charge is 0.416 e. The van der Waals surface area contributed by atoms with Gasteiger partial charge in [0.15, 0.2) is 0 Å². The number of rotatable bonds is 4. The quantitative estimate of drug-likeness (QED) is 0.861. The number of hydrogen-bond donors (Lipinski definition) is 1. The van der Waals surface area contributed by atoms with Crippen molar-refractivity contribution in [3.63, 3.8) is 0 Å². The highest BCUT2D eigenvalue weighted by molar-refractivity contribution is 5.91. The van der Waals surface area contributed by atoms with E-state index in [4.69, 9.17) is 4.42 Å². The Balaban J connectivity index is 2.03. The van der Waals surface area contributed by atoms with E-state index in [2.05, 4.69) is 5.32 Å². The van der Waals surface area contributed by atoms with E-state index in [0.717, 1.165) is 12.1 Å². The van der Waals surface area contributed by atoms with E-state index < -0.39 is 23.7 Å². The molecule has 0 spiro atoms. The van der Waals surface area contributed by atoms with Crippen LogP contribution in [0.25, 0.3) is 6.08 Å². The van der Waals surface area contributed by atoms with E-state index in [1.54, 1.807) is 19.1 Å². The number of alkyl halides is 3. The van der Waals surface area contributed by atoms with Gasteiger partial charge in [0.05, 0.1) is 17.9 Å². The summed E-state index contributed by atoms with van der Waals surface area (Å²) in [6.07, 6.45) is -0.182. The Kier molecular flexibility index (Phi) is 4.70. The first-order chi connectivity index (χ1) is 10.4. The molecule has 0 aliphatic carbocycles. The molecule has 0 aliphatic rings. The Morgan fingerprint density at radius 3 is 2.68 bits per heavy atom. The normalized spacial score (nSPS) is 13.3. The average Bonchev–Trinajstić information content (AvgIpc) is 2.97. The zero-order valence-electron chi connectivity index (χ0n) is 11.7. The third-order valence-electron chi connectivity index (χ3n) is 3.01. The lowest BCUT2D eigenvalue weighted by Gasteiger charge is -2.15. The fourth-order valence-corrected chi connectivity index (χ4v) is 1.87. The van der Waals surface area contributed by atoms with E-state index in [1.807, 2.05) is 0 Å². The van der Waals surface area contributed by atoms with Crippen LogP contribution in [0.5, 0.6) is 0 Å². The van der Waals surface area contributed by atoms with Crippen molar-refractivity contribution in [3.8, 4) is 0 Å². The molecular formula is C16H14F3NO2. The van der Waals surface area contributed by atoms with E-state index >= 15 is 0 Å². The van der Waals surface area contributed by atoms with Crippen LogP contribution in [0.2, 0.25) is 0 Å². The standard InChI is InChI=1S/C16H14F3NO2/c1-11(12-4-2-5-13(10-12)16(17,18)19)20-15(21)8-7-14-6-3-9-22-14/h2-11H,1H3,(H,20,21)/b8-7+. The van der Waals surface area contributed by atoms with Gasteiger partial charge in [-0.2, -0.15) is 13.2 Å². The fraction of sp³-hybridized carbons (Fsp3) is 0.188. The maximum absolute atomic E-state index is 12.7. The van der Waals surface area contributed by atoms with E-state index in [-0.39, 0.29) is 0 Å². The molecule has 3 nitrogen and oxygen atoms in total. The van der Waals surface area contributed by atoms with Gasteiger partial charge in [-0.05, 0) is 42.8 Å². The molecule has 6 heteroatoms. The number of halogens is 3. The highest BCUT2D eigenvalue weighted by atomic mass is 19.4. The lowest BCUT2D eigenvalue weighted by molar-refractivity contribution is -0.137. The third kappa shape index (κ3) is 4.25. The zero-order valence-corrected chi connectivity index (χ0v) is 11.7. The Bertz CT molecular complexity index is 660. The number of hydrogen-bond acceptors (Lipinski definition) is 2. The molecule has 0 aliphatic heterocycles. The second kappa shape index (κ2) is 6.51. The number of carbonyl (C=O) groups excluding carboxylic acids is 1. The van der Waals surface area contributed by atoms with Crippen molar-refractivity contribution in [1.82, 2.24) is 5.32 Å². The molecule has 1 aromatic heterocycles. The van der Waals surface area contributed by atoms with Crippen LogP contribution in [0.1, 0.15) is 29.9 Å². The second-order valence-electron chi connectivity index (χ2n) is 4.70. The monoisotopic (exact) mass is 309 g/mol. The van der Waals surface area contributed by atoms with Crippen molar-refractivity contribution in [1.29, 1.82) is 0 Å². The molecule has 0 saturated heterocycles. The molecule has 0 radical (unpaired) electrons. The van der Waals surface area contributed by atoms with Crippen molar-refractivity contribution in [2.45, 2.75) is 19.1 Å². The molecule has 1 heterocycles. The number of amides is 1. The van der Waals surface area contributed by atoms with E-state index in [9.17, 15) is 18.0 Å². The summed E-state index contributed by atoms with van der Waals surface area (Å²) in [5.41, 5.74) is -0.355. The fourth-order valence-electron chi connectivity index (χ4n) is 1.87. The molecule has 0 bridgehead atoms. The topological polar surface area (TPSA) is 42.2 Å². The first-order valence-electron chi connectivity index (χ1n) is 6.55. The van der Waals surface area contributed by atoms with Gasteiger partial charge in [0.25, 0.3) is 0 Å². The van der Waals surface area contributed by atoms with Gasteiger partial charge in [-0.15, -0.1) is 0 Å². The predicted molar refractivity (Wildman–Crippen MR) is 75.7 cm³/mol. The molecule has 116 valence electrons. The van der Waals surface area contributed by atoms with Gasteiger partial charge in [0.1, 0.15) is 5.76 Å². The maximum atomic E-state index is 12.7. The summed E-state index contributed by atoms with van der Waals surface area (Å²) < 4.78 is 43.0. The molecular weight excluding hydrogens is 295 g/mol. The molecule has 1 atom stereocenters. The minimum atomic E-state index is -4.40. The van der Waals surface area contributed by atoms with Crippen LogP contribution in [0, 0.1) is 0 Å². The highest BCUT2D eigenvalue weighted by Crippen LogP contribution is 2.30. The van der Waals surface area contributed by atoms with Gasteiger partial charge < -0.3 is 9.73 Å². The minimum absolute atomic E-state index is 0.384. The Hall–Kier alpha value is -2.50. The number of carbonyl (C=O) groups is 1. The third-order valence-corrected chi connectivity index (χ3v) is 3.01. The predicted octanol–water partition coefficient (Wildman–Crippen LogP) is 4.19. The summed E-state index contributed by atoms with van der Waals surface area (Å²) in [6, 6.07) is 7.70. The lowest BCUT2D eigenvalue weighted by Crippen LogP contribution is -2.24. The van der Waals surface area contributed by atoms with Crippen LogP contribution in [-0.2, 0) is 11.0 Å². The molecule has 0 fully saturated rings. The van der Waals surface area contributed by atoms with Crippen LogP contribution in [0.15, 0.2) is 53.2 Å². The van der Waals surface area contributed by atoms with Gasteiger partial charge in [-0.25, -0.2) is 0 Å². The molecule has 2 rings (SSSR count). The molecule has 1 amide bonds. The van der Waals surface area contributed by atoms with Crippen LogP contribution in [0.3, 0.4) is 0 Å². The van der Waals surface area contributed by atoms with Gasteiger partial charge in [0.2, 0.25) is 5.91 Å². The Labute approximate surface area is 125 Å². The maximum Gasteiger partial charge on any atom is 0.416 e. The van der Waals surface area contributed by atoms with Crippen molar-refractivity contribution >= 4 is 12.0 Å². The highest BCUT2D eigenvalue weighted by Gasteiger charge is 2.30. The van der Waals surface area contributed by atoms with Crippen LogP contribution < -0.4 is 5.32 Å². The summed E-state index contributed by atoms with van der Waals surface area (Å²) in [5, 5.41) is 2.60.